The Balaban J connectivity index is -0.0000000769. The Labute approximate surface area is 350 Å². The third-order valence-electron chi connectivity index (χ3n) is 10.1. The zero-order valence-electron chi connectivity index (χ0n) is 44.0. The van der Waals surface area contributed by atoms with E-state index in [1.54, 1.807) is 0 Å². The Morgan fingerprint density at radius 2 is 0.636 bits per heavy atom. The van der Waals surface area contributed by atoms with Gasteiger partial charge in [0.05, 0.1) is 13.2 Å². The third-order valence-corrected chi connectivity index (χ3v) is 10.1. The van der Waals surface area contributed by atoms with Crippen LogP contribution in [0.4, 0.5) is 13.2 Å². The molecule has 0 rings (SSSR count). The van der Waals surface area contributed by atoms with E-state index in [0.29, 0.717) is 17.9 Å². The lowest BCUT2D eigenvalue weighted by Crippen LogP contribution is -2.18. The molecule has 0 amide bonds. The van der Waals surface area contributed by atoms with E-state index < -0.39 is 12.5 Å². The highest BCUT2D eigenvalue weighted by Gasteiger charge is 2.21. The lowest BCUT2D eigenvalue weighted by molar-refractivity contribution is -0.228. The first-order chi connectivity index (χ1) is 24.4. The molecule has 0 saturated heterocycles. The Kier molecular flexibility index (Phi) is 58.9. The van der Waals surface area contributed by atoms with Crippen molar-refractivity contribution < 1.29 is 22.6 Å². The molecule has 0 aliphatic heterocycles. The van der Waals surface area contributed by atoms with Crippen molar-refractivity contribution in [3.05, 3.63) is 0 Å². The maximum atomic E-state index is 11.9. The van der Waals surface area contributed by atoms with Crippen LogP contribution in [-0.4, -0.2) is 25.7 Å². The van der Waals surface area contributed by atoms with Gasteiger partial charge in [-0.1, -0.05) is 213 Å². The summed E-state index contributed by atoms with van der Waals surface area (Å²) in [7, 11) is 0. The van der Waals surface area contributed by atoms with Crippen LogP contribution in [0.3, 0.4) is 0 Å². The molecule has 0 aromatic heterocycles. The Morgan fingerprint density at radius 1 is 0.400 bits per heavy atom. The van der Waals surface area contributed by atoms with Gasteiger partial charge in [0.1, 0.15) is 0 Å². The van der Waals surface area contributed by atoms with Crippen LogP contribution in [0.2, 0.25) is 0 Å². The first-order valence-corrected chi connectivity index (χ1v) is 22.7. The summed E-state index contributed by atoms with van der Waals surface area (Å²) in [5.41, 5.74) is 0.500. The van der Waals surface area contributed by atoms with E-state index in [1.165, 1.54) is 26.2 Å². The Morgan fingerprint density at radius 3 is 0.673 bits per heavy atom. The maximum Gasteiger partial charge on any atom is 0.352 e. The van der Waals surface area contributed by atoms with Gasteiger partial charge in [-0.15, -0.1) is 0 Å². The molecule has 0 aliphatic carbocycles. The van der Waals surface area contributed by atoms with Gasteiger partial charge in [-0.25, -0.2) is 4.39 Å². The average Bonchev–Trinajstić information content (AvgIpc) is 3.03. The fourth-order valence-corrected chi connectivity index (χ4v) is 1.58. The van der Waals surface area contributed by atoms with Gasteiger partial charge < -0.3 is 9.47 Å². The van der Waals surface area contributed by atoms with Crippen LogP contribution in [-0.2, 0) is 9.47 Å². The molecule has 2 nitrogen and oxygen atoms in total. The van der Waals surface area contributed by atoms with Gasteiger partial charge in [0.2, 0.25) is 0 Å². The van der Waals surface area contributed by atoms with E-state index in [9.17, 15) is 13.2 Å². The normalized spacial score (nSPS) is 12.9. The zero-order chi connectivity index (χ0) is 46.5. The standard InChI is InChI=1S/3C7H16.C6H12F2O.C6H13FO.2C6H14.C5H12/c1-6(2)7(3,4)5;2*1-5-7(4)6(2)3;1-5(2)4-9-6(3,7)8;1-5(2)4-8-6(3)7;2*1-5(2)6(3)4;1-4-5(2)3/h6H,1-5H3;2*6-7H,5H2,1-4H3;5H,4H2,1-3H3;5-6H,4H2,1-3H3;2*5-6H,1-4H3;5H,4H2,1-3H3/t;2*7-;;;;;/m.10...../s1. The van der Waals surface area contributed by atoms with E-state index in [1.807, 2.05) is 27.7 Å². The highest BCUT2D eigenvalue weighted by Crippen LogP contribution is 2.23. The molecule has 0 aromatic carbocycles. The SMILES string of the molecule is CC(C)C(C)(C)C.CC(C)C(C)C.CC(C)C(C)C.CC(C)COC(C)(F)F.CC(C)COC(C)F.CCC(C)C.CC[C@@H](C)C(C)C.CC[C@H](C)C(C)C. The third kappa shape index (κ3) is 95.8. The molecular formula is C50H113F3O2. The predicted molar refractivity (Wildman–Crippen MR) is 250 cm³/mol. The summed E-state index contributed by atoms with van der Waals surface area (Å²) in [4.78, 5) is 0. The molecule has 0 bridgehead atoms. The van der Waals surface area contributed by atoms with Crippen molar-refractivity contribution in [2.75, 3.05) is 13.2 Å². The number of ether oxygens (including phenoxy) is 2. The first-order valence-electron chi connectivity index (χ1n) is 22.7. The number of rotatable bonds is 13. The summed E-state index contributed by atoms with van der Waals surface area (Å²) < 4.78 is 44.4. The summed E-state index contributed by atoms with van der Waals surface area (Å²) in [5.74, 6) is 9.21. The minimum atomic E-state index is -2.97. The lowest BCUT2D eigenvalue weighted by atomic mass is 9.84. The molecule has 3 atom stereocenters. The van der Waals surface area contributed by atoms with Gasteiger partial charge >= 0.3 is 6.11 Å². The summed E-state index contributed by atoms with van der Waals surface area (Å²) >= 11 is 0. The van der Waals surface area contributed by atoms with Crippen molar-refractivity contribution in [1.29, 1.82) is 0 Å². The molecule has 0 saturated carbocycles. The quantitative estimate of drug-likeness (QED) is 0.185. The molecule has 0 aromatic rings. The van der Waals surface area contributed by atoms with E-state index in [2.05, 4.69) is 176 Å². The Bertz CT molecular complexity index is 622. The van der Waals surface area contributed by atoms with Gasteiger partial charge in [0.15, 0.2) is 6.36 Å². The number of hydrogen-bond donors (Lipinski definition) is 0. The summed E-state index contributed by atoms with van der Waals surface area (Å²) in [6.45, 7) is 64.4. The monoisotopic (exact) mass is 803 g/mol. The topological polar surface area (TPSA) is 18.5 Å². The van der Waals surface area contributed by atoms with Crippen molar-refractivity contribution >= 4 is 0 Å². The second-order valence-corrected chi connectivity index (χ2v) is 20.3. The lowest BCUT2D eigenvalue weighted by Gasteiger charge is -2.22. The van der Waals surface area contributed by atoms with Crippen molar-refractivity contribution in [3.8, 4) is 0 Å². The van der Waals surface area contributed by atoms with Gasteiger partial charge in [0, 0.05) is 6.92 Å². The van der Waals surface area contributed by atoms with Crippen LogP contribution in [0.25, 0.3) is 0 Å². The molecule has 5 heteroatoms. The van der Waals surface area contributed by atoms with Crippen LogP contribution in [0.5, 0.6) is 0 Å². The van der Waals surface area contributed by atoms with Crippen molar-refractivity contribution in [2.45, 2.75) is 239 Å². The smallest absolute Gasteiger partial charge is 0.348 e. The Hall–Kier alpha value is -0.290. The molecule has 0 heterocycles. The molecule has 0 fully saturated rings. The molecule has 0 aliphatic rings. The van der Waals surface area contributed by atoms with Crippen LogP contribution < -0.4 is 0 Å². The fourth-order valence-electron chi connectivity index (χ4n) is 1.58. The maximum absolute atomic E-state index is 11.9. The van der Waals surface area contributed by atoms with Crippen molar-refractivity contribution in [1.82, 2.24) is 0 Å². The second-order valence-electron chi connectivity index (χ2n) is 20.3. The van der Waals surface area contributed by atoms with Gasteiger partial charge in [0.25, 0.3) is 0 Å². The molecular weight excluding hydrogens is 690 g/mol. The highest BCUT2D eigenvalue weighted by atomic mass is 19.3. The van der Waals surface area contributed by atoms with Gasteiger partial charge in [-0.3, -0.25) is 0 Å². The minimum absolute atomic E-state index is 0.115. The first kappa shape index (κ1) is 72.3. The average molecular weight is 803 g/mol. The molecule has 346 valence electrons. The summed E-state index contributed by atoms with van der Waals surface area (Å²) in [5, 5.41) is 0. The zero-order valence-corrected chi connectivity index (χ0v) is 44.0. The second kappa shape index (κ2) is 44.8. The van der Waals surface area contributed by atoms with Crippen LogP contribution >= 0.6 is 0 Å². The summed E-state index contributed by atoms with van der Waals surface area (Å²) in [6, 6.07) is 0. The molecule has 0 N–H and O–H groups in total. The van der Waals surface area contributed by atoms with E-state index >= 15 is 0 Å². The molecule has 55 heavy (non-hydrogen) atoms. The molecule has 0 radical (unpaired) electrons. The van der Waals surface area contributed by atoms with Crippen molar-refractivity contribution in [3.63, 3.8) is 0 Å². The van der Waals surface area contributed by atoms with Crippen LogP contribution in [0.15, 0.2) is 0 Å². The number of halogens is 3. The summed E-state index contributed by atoms with van der Waals surface area (Å²) in [6.07, 6.45) is -0.142. The largest absolute Gasteiger partial charge is 0.352 e. The molecule has 1 unspecified atom stereocenters. The number of alkyl halides is 3. The fraction of sp³-hybridized carbons (Fsp3) is 1.00. The number of hydrogen-bond acceptors (Lipinski definition) is 2. The van der Waals surface area contributed by atoms with Gasteiger partial charge in [-0.2, -0.15) is 8.78 Å². The predicted octanol–water partition coefficient (Wildman–Crippen LogP) is 19.0. The van der Waals surface area contributed by atoms with Crippen LogP contribution in [0.1, 0.15) is 227 Å². The van der Waals surface area contributed by atoms with Gasteiger partial charge in [-0.05, 0) is 83.4 Å². The van der Waals surface area contributed by atoms with Crippen LogP contribution in [0, 0.1) is 76.4 Å². The highest BCUT2D eigenvalue weighted by molar-refractivity contribution is 4.64. The van der Waals surface area contributed by atoms with E-state index in [4.69, 9.17) is 0 Å². The van der Waals surface area contributed by atoms with E-state index in [-0.39, 0.29) is 12.5 Å². The van der Waals surface area contributed by atoms with E-state index in [0.717, 1.165) is 66.1 Å². The minimum Gasteiger partial charge on any atom is -0.348 e. The van der Waals surface area contributed by atoms with Crippen molar-refractivity contribution in [2.24, 2.45) is 76.4 Å². The molecule has 0 spiro atoms.